The Morgan fingerprint density at radius 1 is 0.941 bits per heavy atom. The highest BCUT2D eigenvalue weighted by molar-refractivity contribution is 5.88. The number of carbonyl (C=O) groups is 1. The molecule has 2 aromatic carbocycles. The Morgan fingerprint density at radius 2 is 1.59 bits per heavy atom. The molecule has 1 aliphatic rings. The highest BCUT2D eigenvalue weighted by Crippen LogP contribution is 2.28. The summed E-state index contributed by atoms with van der Waals surface area (Å²) < 4.78 is 0. The van der Waals surface area contributed by atoms with Gasteiger partial charge in [-0.2, -0.15) is 0 Å². The van der Waals surface area contributed by atoms with E-state index in [1.54, 1.807) is 0 Å². The van der Waals surface area contributed by atoms with Gasteiger partial charge in [-0.05, 0) is 42.5 Å². The van der Waals surface area contributed by atoms with Crippen molar-refractivity contribution in [3.05, 3.63) is 77.5 Å². The molecule has 0 unspecified atom stereocenters. The zero-order chi connectivity index (χ0) is 25.5. The third-order valence-electron chi connectivity index (χ3n) is 5.70. The number of amides is 1. The van der Waals surface area contributed by atoms with Gasteiger partial charge in [0.15, 0.2) is 0 Å². The highest BCUT2D eigenvalue weighted by Gasteiger charge is 2.15. The Hall–Kier alpha value is -2.94. The average molecular weight is 461 g/mol. The number of pyridine rings is 1. The fraction of sp³-hybridized carbons (Fsp3) is 0.419. The molecule has 0 bridgehead atoms. The molecular weight excluding hydrogens is 416 g/mol. The Labute approximate surface area is 207 Å². The highest BCUT2D eigenvalue weighted by atomic mass is 16.2. The zero-order valence-electron chi connectivity index (χ0n) is 22.6. The monoisotopic (exact) mass is 460 g/mol. The second-order valence-corrected chi connectivity index (χ2v) is 7.49. The summed E-state index contributed by atoms with van der Waals surface area (Å²) in [5.41, 5.74) is 7.45. The van der Waals surface area contributed by atoms with Gasteiger partial charge in [-0.25, -0.2) is 0 Å². The van der Waals surface area contributed by atoms with Crippen molar-refractivity contribution in [2.24, 2.45) is 0 Å². The molecule has 0 aliphatic carbocycles. The number of para-hydroxylation sites is 1. The number of hydrogen-bond acceptors (Lipinski definition) is 2. The van der Waals surface area contributed by atoms with E-state index in [1.807, 2.05) is 65.6 Å². The van der Waals surface area contributed by atoms with Crippen molar-refractivity contribution in [2.45, 2.75) is 74.7 Å². The van der Waals surface area contributed by atoms with Crippen LogP contribution in [-0.2, 0) is 11.2 Å². The lowest BCUT2D eigenvalue weighted by Crippen LogP contribution is -2.34. The fourth-order valence-electron chi connectivity index (χ4n) is 3.96. The SMILES string of the molecule is CC.CC.CC.CCC(=O)N1CC=C(Cc2ccc(-c3cnc4ccccc4c3C)cc2)CC1. The first-order chi connectivity index (χ1) is 16.7. The lowest BCUT2D eigenvalue weighted by atomic mass is 9.95. The van der Waals surface area contributed by atoms with Crippen LogP contribution < -0.4 is 0 Å². The Bertz CT molecular complexity index is 1030. The first kappa shape index (κ1) is 29.1. The van der Waals surface area contributed by atoms with Crippen LogP contribution in [0.5, 0.6) is 0 Å². The van der Waals surface area contributed by atoms with Gasteiger partial charge in [0, 0.05) is 36.7 Å². The predicted molar refractivity (Wildman–Crippen MR) is 149 cm³/mol. The number of nitrogens with zero attached hydrogens (tertiary/aromatic N) is 2. The summed E-state index contributed by atoms with van der Waals surface area (Å²) in [6.07, 6.45) is 6.73. The third kappa shape index (κ3) is 7.55. The molecule has 1 aliphatic heterocycles. The van der Waals surface area contributed by atoms with Crippen LogP contribution in [0.15, 0.2) is 66.4 Å². The number of hydrogen-bond donors (Lipinski definition) is 0. The number of rotatable bonds is 4. The van der Waals surface area contributed by atoms with Gasteiger partial charge < -0.3 is 4.90 Å². The molecule has 0 atom stereocenters. The van der Waals surface area contributed by atoms with Crippen molar-refractivity contribution in [2.75, 3.05) is 13.1 Å². The lowest BCUT2D eigenvalue weighted by molar-refractivity contribution is -0.130. The van der Waals surface area contributed by atoms with Gasteiger partial charge in [0.1, 0.15) is 0 Å². The maximum atomic E-state index is 11.8. The van der Waals surface area contributed by atoms with Crippen molar-refractivity contribution in [3.8, 4) is 11.1 Å². The minimum Gasteiger partial charge on any atom is -0.339 e. The van der Waals surface area contributed by atoms with Gasteiger partial charge >= 0.3 is 0 Å². The largest absolute Gasteiger partial charge is 0.339 e. The predicted octanol–water partition coefficient (Wildman–Crippen LogP) is 8.40. The van der Waals surface area contributed by atoms with Crippen LogP contribution in [0.2, 0.25) is 0 Å². The smallest absolute Gasteiger partial charge is 0.222 e. The van der Waals surface area contributed by atoms with Crippen molar-refractivity contribution < 1.29 is 4.79 Å². The fourth-order valence-corrected chi connectivity index (χ4v) is 3.96. The second kappa shape index (κ2) is 15.8. The van der Waals surface area contributed by atoms with E-state index in [1.165, 1.54) is 33.2 Å². The zero-order valence-corrected chi connectivity index (χ0v) is 22.6. The van der Waals surface area contributed by atoms with Crippen molar-refractivity contribution in [1.82, 2.24) is 9.88 Å². The summed E-state index contributed by atoms with van der Waals surface area (Å²) in [6.45, 7) is 17.7. The van der Waals surface area contributed by atoms with E-state index in [4.69, 9.17) is 0 Å². The molecule has 0 saturated heterocycles. The molecule has 3 nitrogen and oxygen atoms in total. The molecule has 184 valence electrons. The van der Waals surface area contributed by atoms with Gasteiger partial charge in [-0.15, -0.1) is 0 Å². The van der Waals surface area contributed by atoms with Crippen molar-refractivity contribution in [3.63, 3.8) is 0 Å². The number of aromatic nitrogens is 1. The molecule has 34 heavy (non-hydrogen) atoms. The summed E-state index contributed by atoms with van der Waals surface area (Å²) in [6, 6.07) is 17.1. The molecule has 0 radical (unpaired) electrons. The maximum Gasteiger partial charge on any atom is 0.222 e. The van der Waals surface area contributed by atoms with Crippen LogP contribution in [0.3, 0.4) is 0 Å². The molecule has 3 aromatic rings. The standard InChI is InChI=1S/C25H26N2O.3C2H6/c1-3-25(28)27-14-12-20(13-15-27)16-19-8-10-21(11-9-19)23-17-26-24-7-5-4-6-22(24)18(23)2;3*1-2/h4-12,17H,3,13-16H2,1-2H3;3*1-2H3. The Balaban J connectivity index is 0.000000894. The van der Waals surface area contributed by atoms with E-state index >= 15 is 0 Å². The first-order valence-electron chi connectivity index (χ1n) is 13.0. The molecule has 3 heteroatoms. The number of aryl methyl sites for hydroxylation is 1. The van der Waals surface area contributed by atoms with E-state index < -0.39 is 0 Å². The van der Waals surface area contributed by atoms with Crippen LogP contribution in [0.1, 0.15) is 72.4 Å². The maximum absolute atomic E-state index is 11.8. The number of benzene rings is 2. The van der Waals surface area contributed by atoms with E-state index in [0.717, 1.165) is 31.4 Å². The quantitative estimate of drug-likeness (QED) is 0.366. The van der Waals surface area contributed by atoms with Crippen molar-refractivity contribution >= 4 is 16.8 Å². The summed E-state index contributed by atoms with van der Waals surface area (Å²) in [7, 11) is 0. The molecule has 4 rings (SSSR count). The summed E-state index contributed by atoms with van der Waals surface area (Å²) in [5.74, 6) is 0.249. The number of fused-ring (bicyclic) bond motifs is 1. The molecule has 2 heterocycles. The summed E-state index contributed by atoms with van der Waals surface area (Å²) in [4.78, 5) is 18.4. The van der Waals surface area contributed by atoms with Crippen LogP contribution in [-0.4, -0.2) is 28.9 Å². The van der Waals surface area contributed by atoms with Gasteiger partial charge in [-0.3, -0.25) is 9.78 Å². The normalized spacial score (nSPS) is 12.2. The van der Waals surface area contributed by atoms with Crippen LogP contribution >= 0.6 is 0 Å². The van der Waals surface area contributed by atoms with Gasteiger partial charge in [0.05, 0.1) is 5.52 Å². The summed E-state index contributed by atoms with van der Waals surface area (Å²) in [5, 5.41) is 1.21. The van der Waals surface area contributed by atoms with Crippen LogP contribution in [0.25, 0.3) is 22.0 Å². The van der Waals surface area contributed by atoms with E-state index in [9.17, 15) is 4.79 Å². The summed E-state index contributed by atoms with van der Waals surface area (Å²) >= 11 is 0. The Morgan fingerprint density at radius 3 is 2.18 bits per heavy atom. The topological polar surface area (TPSA) is 33.2 Å². The van der Waals surface area contributed by atoms with E-state index in [0.29, 0.717) is 6.42 Å². The van der Waals surface area contributed by atoms with E-state index in [-0.39, 0.29) is 5.91 Å². The lowest BCUT2D eigenvalue weighted by Gasteiger charge is -2.26. The van der Waals surface area contributed by atoms with Gasteiger partial charge in [-0.1, -0.05) is 103 Å². The van der Waals surface area contributed by atoms with Crippen LogP contribution in [0.4, 0.5) is 0 Å². The molecule has 0 spiro atoms. The molecule has 1 aromatic heterocycles. The first-order valence-corrected chi connectivity index (χ1v) is 13.0. The Kier molecular flexibility index (Phi) is 13.5. The van der Waals surface area contributed by atoms with Gasteiger partial charge in [0.25, 0.3) is 0 Å². The molecular formula is C31H44N2O. The molecule has 1 amide bonds. The second-order valence-electron chi connectivity index (χ2n) is 7.49. The van der Waals surface area contributed by atoms with Crippen LogP contribution in [0, 0.1) is 6.92 Å². The average Bonchev–Trinajstić information content (AvgIpc) is 2.93. The van der Waals surface area contributed by atoms with E-state index in [2.05, 4.69) is 60.4 Å². The van der Waals surface area contributed by atoms with Crippen molar-refractivity contribution in [1.29, 1.82) is 0 Å². The molecule has 0 fully saturated rings. The molecule has 0 N–H and O–H groups in total. The molecule has 0 saturated carbocycles. The minimum absolute atomic E-state index is 0.249. The number of carbonyl (C=O) groups excluding carboxylic acids is 1. The van der Waals surface area contributed by atoms with Gasteiger partial charge in [0.2, 0.25) is 5.91 Å². The minimum atomic E-state index is 0.249. The third-order valence-corrected chi connectivity index (χ3v) is 5.70.